The van der Waals surface area contributed by atoms with E-state index >= 15 is 0 Å². The lowest BCUT2D eigenvalue weighted by molar-refractivity contribution is -0.118. The summed E-state index contributed by atoms with van der Waals surface area (Å²) in [6, 6.07) is 8.24. The number of carbonyl (C=O) groups excluding carboxylic acids is 1. The first-order valence-electron chi connectivity index (χ1n) is 4.78. The normalized spacial score (nSPS) is 10.6. The quantitative estimate of drug-likeness (QED) is 0.748. The molecular formula is C12H12OS. The maximum atomic E-state index is 11.3. The van der Waals surface area contributed by atoms with Gasteiger partial charge in [-0.15, -0.1) is 11.3 Å². The Morgan fingerprint density at radius 3 is 2.93 bits per heavy atom. The average Bonchev–Trinajstić information content (AvgIpc) is 2.62. The topological polar surface area (TPSA) is 17.1 Å². The molecule has 2 rings (SSSR count). The Kier molecular flexibility index (Phi) is 2.64. The van der Waals surface area contributed by atoms with Crippen LogP contribution in [0.5, 0.6) is 0 Å². The van der Waals surface area contributed by atoms with E-state index in [0.717, 1.165) is 0 Å². The molecule has 14 heavy (non-hydrogen) atoms. The van der Waals surface area contributed by atoms with Crippen LogP contribution in [-0.2, 0) is 11.2 Å². The largest absolute Gasteiger partial charge is 0.299 e. The van der Waals surface area contributed by atoms with Crippen LogP contribution in [0.15, 0.2) is 29.6 Å². The zero-order chi connectivity index (χ0) is 9.97. The SMILES string of the molecule is CCC(=O)Cc1csc2ccccc12. The van der Waals surface area contributed by atoms with Crippen LogP contribution in [0.1, 0.15) is 18.9 Å². The summed E-state index contributed by atoms with van der Waals surface area (Å²) in [6.45, 7) is 1.91. The predicted molar refractivity (Wildman–Crippen MR) is 60.8 cm³/mol. The maximum Gasteiger partial charge on any atom is 0.137 e. The second kappa shape index (κ2) is 3.93. The van der Waals surface area contributed by atoms with Crippen LogP contribution in [0, 0.1) is 0 Å². The first-order valence-corrected chi connectivity index (χ1v) is 5.66. The van der Waals surface area contributed by atoms with Crippen LogP contribution < -0.4 is 0 Å². The highest BCUT2D eigenvalue weighted by Crippen LogP contribution is 2.26. The first kappa shape index (κ1) is 9.41. The zero-order valence-corrected chi connectivity index (χ0v) is 8.93. The van der Waals surface area contributed by atoms with Gasteiger partial charge in [0.15, 0.2) is 0 Å². The van der Waals surface area contributed by atoms with Crippen molar-refractivity contribution in [2.45, 2.75) is 19.8 Å². The maximum absolute atomic E-state index is 11.3. The summed E-state index contributed by atoms with van der Waals surface area (Å²) >= 11 is 1.71. The third kappa shape index (κ3) is 1.70. The lowest BCUT2D eigenvalue weighted by Gasteiger charge is -1.96. The van der Waals surface area contributed by atoms with Crippen molar-refractivity contribution in [3.05, 3.63) is 35.2 Å². The summed E-state index contributed by atoms with van der Waals surface area (Å²) in [5.74, 6) is 0.313. The number of hydrogen-bond acceptors (Lipinski definition) is 2. The first-order chi connectivity index (χ1) is 6.81. The minimum absolute atomic E-state index is 0.313. The summed E-state index contributed by atoms with van der Waals surface area (Å²) in [4.78, 5) is 11.3. The predicted octanol–water partition coefficient (Wildman–Crippen LogP) is 3.42. The van der Waals surface area contributed by atoms with Gasteiger partial charge in [0, 0.05) is 17.5 Å². The average molecular weight is 204 g/mol. The number of fused-ring (bicyclic) bond motifs is 1. The molecule has 0 unspecified atom stereocenters. The lowest BCUT2D eigenvalue weighted by Crippen LogP contribution is -1.98. The van der Waals surface area contributed by atoms with Crippen molar-refractivity contribution < 1.29 is 4.79 Å². The molecule has 72 valence electrons. The van der Waals surface area contributed by atoms with E-state index in [9.17, 15) is 4.79 Å². The molecule has 0 saturated heterocycles. The molecule has 2 aromatic rings. The van der Waals surface area contributed by atoms with Crippen LogP contribution in [0.25, 0.3) is 10.1 Å². The summed E-state index contributed by atoms with van der Waals surface area (Å²) < 4.78 is 1.27. The van der Waals surface area contributed by atoms with E-state index in [4.69, 9.17) is 0 Å². The molecule has 0 aliphatic carbocycles. The van der Waals surface area contributed by atoms with Gasteiger partial charge in [-0.2, -0.15) is 0 Å². The molecule has 0 atom stereocenters. The Bertz CT molecular complexity index is 456. The summed E-state index contributed by atoms with van der Waals surface area (Å²) in [6.07, 6.45) is 1.21. The molecule has 0 radical (unpaired) electrons. The number of rotatable bonds is 3. The van der Waals surface area contributed by atoms with E-state index in [-0.39, 0.29) is 0 Å². The van der Waals surface area contributed by atoms with E-state index in [1.807, 2.05) is 19.1 Å². The number of benzene rings is 1. The molecule has 1 nitrogen and oxygen atoms in total. The molecule has 0 saturated carbocycles. The van der Waals surface area contributed by atoms with Crippen molar-refractivity contribution in [3.8, 4) is 0 Å². The van der Waals surface area contributed by atoms with Crippen LogP contribution in [0.4, 0.5) is 0 Å². The van der Waals surface area contributed by atoms with Crippen LogP contribution >= 0.6 is 11.3 Å². The van der Waals surface area contributed by atoms with Crippen molar-refractivity contribution in [2.75, 3.05) is 0 Å². The minimum Gasteiger partial charge on any atom is -0.299 e. The monoisotopic (exact) mass is 204 g/mol. The number of ketones is 1. The van der Waals surface area contributed by atoms with Gasteiger partial charge in [0.2, 0.25) is 0 Å². The third-order valence-corrected chi connectivity index (χ3v) is 3.36. The number of thiophene rings is 1. The van der Waals surface area contributed by atoms with Crippen molar-refractivity contribution in [1.29, 1.82) is 0 Å². The van der Waals surface area contributed by atoms with Gasteiger partial charge in [0.1, 0.15) is 5.78 Å². The molecule has 1 heterocycles. The van der Waals surface area contributed by atoms with Gasteiger partial charge < -0.3 is 0 Å². The molecule has 0 spiro atoms. The second-order valence-electron chi connectivity index (χ2n) is 3.33. The summed E-state index contributed by atoms with van der Waals surface area (Å²) in [5.41, 5.74) is 1.18. The highest BCUT2D eigenvalue weighted by molar-refractivity contribution is 7.17. The minimum atomic E-state index is 0.313. The lowest BCUT2D eigenvalue weighted by atomic mass is 10.1. The van der Waals surface area contributed by atoms with Crippen LogP contribution in [0.3, 0.4) is 0 Å². The third-order valence-electron chi connectivity index (χ3n) is 2.34. The van der Waals surface area contributed by atoms with Gasteiger partial charge in [-0.25, -0.2) is 0 Å². The fraction of sp³-hybridized carbons (Fsp3) is 0.250. The molecule has 0 bridgehead atoms. The van der Waals surface area contributed by atoms with Crippen molar-refractivity contribution >= 4 is 27.2 Å². The van der Waals surface area contributed by atoms with Gasteiger partial charge in [0.25, 0.3) is 0 Å². The molecule has 0 fully saturated rings. The zero-order valence-electron chi connectivity index (χ0n) is 8.12. The van der Waals surface area contributed by atoms with Gasteiger partial charge in [-0.1, -0.05) is 25.1 Å². The fourth-order valence-electron chi connectivity index (χ4n) is 1.51. The van der Waals surface area contributed by atoms with E-state index in [0.29, 0.717) is 18.6 Å². The van der Waals surface area contributed by atoms with E-state index < -0.39 is 0 Å². The number of carbonyl (C=O) groups is 1. The molecule has 0 N–H and O–H groups in total. The van der Waals surface area contributed by atoms with E-state index in [1.165, 1.54) is 15.6 Å². The Balaban J connectivity index is 2.38. The van der Waals surface area contributed by atoms with Crippen molar-refractivity contribution in [2.24, 2.45) is 0 Å². The Morgan fingerprint density at radius 2 is 2.14 bits per heavy atom. The van der Waals surface area contributed by atoms with Gasteiger partial charge in [-0.3, -0.25) is 4.79 Å². The number of Topliss-reactive ketones (excluding diaryl/α,β-unsaturated/α-hetero) is 1. The van der Waals surface area contributed by atoms with E-state index in [2.05, 4.69) is 17.5 Å². The Labute approximate surface area is 87.4 Å². The number of hydrogen-bond donors (Lipinski definition) is 0. The Morgan fingerprint density at radius 1 is 1.36 bits per heavy atom. The standard InChI is InChI=1S/C12H12OS/c1-2-10(13)7-9-8-14-12-6-4-3-5-11(9)12/h3-6,8H,2,7H2,1H3. The van der Waals surface area contributed by atoms with Gasteiger partial charge >= 0.3 is 0 Å². The second-order valence-corrected chi connectivity index (χ2v) is 4.24. The fourth-order valence-corrected chi connectivity index (χ4v) is 2.47. The highest BCUT2D eigenvalue weighted by Gasteiger charge is 2.06. The molecule has 0 aliphatic rings. The van der Waals surface area contributed by atoms with Gasteiger partial charge in [0.05, 0.1) is 0 Å². The molecule has 1 aromatic carbocycles. The van der Waals surface area contributed by atoms with Crippen LogP contribution in [-0.4, -0.2) is 5.78 Å². The molecule has 0 amide bonds. The molecule has 2 heteroatoms. The summed E-state index contributed by atoms with van der Waals surface area (Å²) in [5, 5.41) is 3.33. The van der Waals surface area contributed by atoms with Crippen molar-refractivity contribution in [3.63, 3.8) is 0 Å². The smallest absolute Gasteiger partial charge is 0.137 e. The Hall–Kier alpha value is -1.15. The summed E-state index contributed by atoms with van der Waals surface area (Å²) in [7, 11) is 0. The highest BCUT2D eigenvalue weighted by atomic mass is 32.1. The molecule has 0 aliphatic heterocycles. The molecular weight excluding hydrogens is 192 g/mol. The van der Waals surface area contributed by atoms with Crippen LogP contribution in [0.2, 0.25) is 0 Å². The van der Waals surface area contributed by atoms with E-state index in [1.54, 1.807) is 11.3 Å². The van der Waals surface area contributed by atoms with Gasteiger partial charge in [-0.05, 0) is 22.4 Å². The molecule has 1 aromatic heterocycles. The van der Waals surface area contributed by atoms with Crippen molar-refractivity contribution in [1.82, 2.24) is 0 Å².